The number of hydrogen-bond donors (Lipinski definition) is 0. The van der Waals surface area contributed by atoms with Gasteiger partial charge in [0.1, 0.15) is 10.8 Å². The zero-order valence-electron chi connectivity index (χ0n) is 9.16. The minimum atomic E-state index is -1.66. The third kappa shape index (κ3) is 3.59. The van der Waals surface area contributed by atoms with Crippen LogP contribution in [0.1, 0.15) is 19.4 Å². The van der Waals surface area contributed by atoms with E-state index in [1.165, 1.54) is 6.08 Å². The summed E-state index contributed by atoms with van der Waals surface area (Å²) in [6, 6.07) is 7.05. The van der Waals surface area contributed by atoms with E-state index in [9.17, 15) is 8.60 Å². The van der Waals surface area contributed by atoms with Crippen LogP contribution < -0.4 is 0 Å². The first-order valence-corrected chi connectivity index (χ1v) is 6.01. The molecule has 1 aromatic carbocycles. The van der Waals surface area contributed by atoms with Crippen molar-refractivity contribution in [2.24, 2.45) is 5.92 Å². The summed E-state index contributed by atoms with van der Waals surface area (Å²) in [5.41, 5.74) is 1.07. The lowest BCUT2D eigenvalue weighted by Crippen LogP contribution is -1.93. The van der Waals surface area contributed by atoms with Crippen LogP contribution in [0.25, 0.3) is 0 Å². The van der Waals surface area contributed by atoms with Gasteiger partial charge < -0.3 is 0 Å². The molecule has 1 aromatic rings. The molecule has 82 valence electrons. The van der Waals surface area contributed by atoms with Gasteiger partial charge in [-0.1, -0.05) is 31.5 Å². The largest absolute Gasteiger partial charge is 0.247 e. The van der Waals surface area contributed by atoms with E-state index in [1.54, 1.807) is 12.1 Å². The Bertz CT molecular complexity index is 379. The van der Waals surface area contributed by atoms with Crippen molar-refractivity contribution in [2.75, 3.05) is 0 Å². The van der Waals surface area contributed by atoms with E-state index < -0.39 is 16.0 Å². The third-order valence-corrected chi connectivity index (χ3v) is 3.07. The summed E-state index contributed by atoms with van der Waals surface area (Å²) in [6.07, 6.45) is 1.38. The van der Waals surface area contributed by atoms with Crippen LogP contribution in [0.3, 0.4) is 0 Å². The molecule has 0 radical (unpaired) electrons. The molecule has 0 aliphatic heterocycles. The van der Waals surface area contributed by atoms with Crippen molar-refractivity contribution in [1.29, 1.82) is 0 Å². The maximum absolute atomic E-state index is 13.4. The maximum atomic E-state index is 13.4. The van der Waals surface area contributed by atoms with E-state index >= 15 is 0 Å². The van der Waals surface area contributed by atoms with Gasteiger partial charge in [-0.2, -0.15) is 4.39 Å². The SMILES string of the molecule is Cc1ccc([S@](=O)/C(F)=C/C(C)C)cc1. The Hall–Kier alpha value is -0.960. The highest BCUT2D eigenvalue weighted by molar-refractivity contribution is 7.88. The fourth-order valence-corrected chi connectivity index (χ4v) is 2.10. The van der Waals surface area contributed by atoms with Gasteiger partial charge in [0.2, 0.25) is 0 Å². The van der Waals surface area contributed by atoms with Crippen LogP contribution >= 0.6 is 0 Å². The molecule has 0 N–H and O–H groups in total. The second-order valence-corrected chi connectivity index (χ2v) is 5.20. The molecule has 0 unspecified atom stereocenters. The predicted molar refractivity (Wildman–Crippen MR) is 61.6 cm³/mol. The Balaban J connectivity index is 2.90. The van der Waals surface area contributed by atoms with Crippen molar-refractivity contribution in [3.05, 3.63) is 41.1 Å². The van der Waals surface area contributed by atoms with Crippen molar-refractivity contribution < 1.29 is 8.60 Å². The minimum absolute atomic E-state index is 0.0689. The molecule has 1 atom stereocenters. The molecule has 1 rings (SSSR count). The first-order valence-electron chi connectivity index (χ1n) is 4.86. The lowest BCUT2D eigenvalue weighted by molar-refractivity contribution is 0.638. The molecule has 3 heteroatoms. The number of halogens is 1. The first kappa shape index (κ1) is 12.1. The number of aryl methyl sites for hydroxylation is 1. The second kappa shape index (κ2) is 5.21. The van der Waals surface area contributed by atoms with Crippen LogP contribution in [0.15, 0.2) is 40.4 Å². The Morgan fingerprint density at radius 1 is 1.33 bits per heavy atom. The summed E-state index contributed by atoms with van der Waals surface area (Å²) in [6.45, 7) is 5.64. The molecule has 0 bridgehead atoms. The Labute approximate surface area is 92.5 Å². The van der Waals surface area contributed by atoms with Gasteiger partial charge in [0.05, 0.1) is 0 Å². The van der Waals surface area contributed by atoms with Gasteiger partial charge in [-0.05, 0) is 31.1 Å². The standard InChI is InChI=1S/C12H15FOS/c1-9(2)8-12(13)15(14)11-6-4-10(3)5-7-11/h4-9H,1-3H3/b12-8+/t15-/m0/s1. The van der Waals surface area contributed by atoms with Crippen molar-refractivity contribution in [1.82, 2.24) is 0 Å². The monoisotopic (exact) mass is 226 g/mol. The molecule has 15 heavy (non-hydrogen) atoms. The number of benzene rings is 1. The van der Waals surface area contributed by atoms with E-state index in [0.29, 0.717) is 4.90 Å². The van der Waals surface area contributed by atoms with Gasteiger partial charge in [-0.25, -0.2) is 4.21 Å². The summed E-state index contributed by atoms with van der Waals surface area (Å²) in [7, 11) is -1.66. The Kier molecular flexibility index (Phi) is 4.21. The predicted octanol–water partition coefficient (Wildman–Crippen LogP) is 3.57. The average Bonchev–Trinajstić information content (AvgIpc) is 2.17. The van der Waals surface area contributed by atoms with E-state index in [0.717, 1.165) is 5.56 Å². The summed E-state index contributed by atoms with van der Waals surface area (Å²) < 4.78 is 25.1. The summed E-state index contributed by atoms with van der Waals surface area (Å²) in [5.74, 6) is 0.0689. The quantitative estimate of drug-likeness (QED) is 0.770. The van der Waals surface area contributed by atoms with Crippen LogP contribution in [-0.2, 0) is 10.8 Å². The van der Waals surface area contributed by atoms with Crippen molar-refractivity contribution in [3.8, 4) is 0 Å². The highest BCUT2D eigenvalue weighted by Gasteiger charge is 2.09. The van der Waals surface area contributed by atoms with Gasteiger partial charge in [0.15, 0.2) is 5.16 Å². The van der Waals surface area contributed by atoms with E-state index in [4.69, 9.17) is 0 Å². The highest BCUT2D eigenvalue weighted by atomic mass is 32.2. The molecule has 0 aromatic heterocycles. The zero-order chi connectivity index (χ0) is 11.4. The normalized spacial score (nSPS) is 14.3. The van der Waals surface area contributed by atoms with Gasteiger partial charge in [0.25, 0.3) is 0 Å². The van der Waals surface area contributed by atoms with Gasteiger partial charge >= 0.3 is 0 Å². The van der Waals surface area contributed by atoms with Gasteiger partial charge in [-0.15, -0.1) is 0 Å². The van der Waals surface area contributed by atoms with Crippen LogP contribution in [0, 0.1) is 12.8 Å². The second-order valence-electron chi connectivity index (χ2n) is 3.80. The molecule has 1 nitrogen and oxygen atoms in total. The molecule has 0 spiro atoms. The van der Waals surface area contributed by atoms with Crippen molar-refractivity contribution in [2.45, 2.75) is 25.7 Å². The summed E-state index contributed by atoms with van der Waals surface area (Å²) in [5, 5.41) is -0.561. The van der Waals surface area contributed by atoms with Gasteiger partial charge in [-0.3, -0.25) is 0 Å². The number of rotatable bonds is 3. The van der Waals surface area contributed by atoms with Crippen molar-refractivity contribution >= 4 is 10.8 Å². The van der Waals surface area contributed by atoms with Gasteiger partial charge in [0, 0.05) is 4.90 Å². The van der Waals surface area contributed by atoms with Crippen LogP contribution in [0.2, 0.25) is 0 Å². The molecule has 0 saturated heterocycles. The van der Waals surface area contributed by atoms with E-state index in [-0.39, 0.29) is 5.92 Å². The smallest absolute Gasteiger partial charge is 0.187 e. The Morgan fingerprint density at radius 2 is 1.87 bits per heavy atom. The molecule has 0 fully saturated rings. The first-order chi connectivity index (χ1) is 7.00. The summed E-state index contributed by atoms with van der Waals surface area (Å²) >= 11 is 0. The fourth-order valence-electron chi connectivity index (χ4n) is 1.10. The zero-order valence-corrected chi connectivity index (χ0v) is 9.98. The minimum Gasteiger partial charge on any atom is -0.247 e. The highest BCUT2D eigenvalue weighted by Crippen LogP contribution is 2.17. The number of allylic oxidation sites excluding steroid dienone is 1. The molecular weight excluding hydrogens is 211 g/mol. The van der Waals surface area contributed by atoms with Crippen LogP contribution in [0.4, 0.5) is 4.39 Å². The molecule has 0 saturated carbocycles. The molecule has 0 amide bonds. The molecule has 0 heterocycles. The van der Waals surface area contributed by atoms with Crippen molar-refractivity contribution in [3.63, 3.8) is 0 Å². The average molecular weight is 226 g/mol. The Morgan fingerprint density at radius 3 is 2.33 bits per heavy atom. The number of hydrogen-bond acceptors (Lipinski definition) is 1. The molecular formula is C12H15FOS. The summed E-state index contributed by atoms with van der Waals surface area (Å²) in [4.78, 5) is 0.509. The van der Waals surface area contributed by atoms with E-state index in [1.807, 2.05) is 32.9 Å². The topological polar surface area (TPSA) is 17.1 Å². The van der Waals surface area contributed by atoms with Crippen LogP contribution in [-0.4, -0.2) is 4.21 Å². The molecule has 0 aliphatic carbocycles. The third-order valence-electron chi connectivity index (χ3n) is 1.88. The maximum Gasteiger partial charge on any atom is 0.187 e. The molecule has 0 aliphatic rings. The fraction of sp³-hybridized carbons (Fsp3) is 0.333. The lowest BCUT2D eigenvalue weighted by atomic mass is 10.2. The van der Waals surface area contributed by atoms with E-state index in [2.05, 4.69) is 0 Å². The lowest BCUT2D eigenvalue weighted by Gasteiger charge is -2.01. The van der Waals surface area contributed by atoms with Crippen LogP contribution in [0.5, 0.6) is 0 Å².